The Balaban J connectivity index is 1.86. The van der Waals surface area contributed by atoms with Crippen LogP contribution < -0.4 is 5.32 Å². The number of hydrogen-bond donors (Lipinski definition) is 1. The van der Waals surface area contributed by atoms with Gasteiger partial charge in [0.2, 0.25) is 5.54 Å². The molecule has 4 rings (SSSR count). The lowest BCUT2D eigenvalue weighted by molar-refractivity contribution is -0.191. The van der Waals surface area contributed by atoms with E-state index in [2.05, 4.69) is 0 Å². The minimum absolute atomic E-state index is 0.0496. The van der Waals surface area contributed by atoms with Crippen molar-refractivity contribution in [1.82, 2.24) is 10.2 Å². The van der Waals surface area contributed by atoms with Crippen LogP contribution in [0.15, 0.2) is 58.3 Å². The van der Waals surface area contributed by atoms with Crippen molar-refractivity contribution in [2.24, 2.45) is 5.41 Å². The third-order valence-corrected chi connectivity index (χ3v) is 6.10. The van der Waals surface area contributed by atoms with E-state index in [0.717, 1.165) is 4.90 Å². The van der Waals surface area contributed by atoms with Gasteiger partial charge in [-0.25, -0.2) is 0 Å². The average molecular weight is 481 g/mol. The molecule has 1 N–H and O–H groups in total. The summed E-state index contributed by atoms with van der Waals surface area (Å²) in [4.78, 5) is 40.3. The summed E-state index contributed by atoms with van der Waals surface area (Å²) in [7, 11) is 0. The number of furan rings is 1. The van der Waals surface area contributed by atoms with Crippen molar-refractivity contribution >= 4 is 29.2 Å². The molecule has 0 fully saturated rings. The van der Waals surface area contributed by atoms with Crippen molar-refractivity contribution in [2.75, 3.05) is 0 Å². The van der Waals surface area contributed by atoms with E-state index in [9.17, 15) is 27.6 Å². The predicted molar refractivity (Wildman–Crippen MR) is 112 cm³/mol. The molecule has 2 heterocycles. The second-order valence-corrected chi connectivity index (χ2v) is 9.38. The molecule has 2 amide bonds. The molecule has 174 valence electrons. The van der Waals surface area contributed by atoms with Gasteiger partial charge in [0.1, 0.15) is 5.76 Å². The molecule has 1 aromatic carbocycles. The molecular formula is C23H20ClF3N2O4. The largest absolute Gasteiger partial charge is 0.467 e. The molecule has 0 bridgehead atoms. The van der Waals surface area contributed by atoms with Gasteiger partial charge in [-0.15, -0.1) is 0 Å². The third kappa shape index (κ3) is 3.84. The fourth-order valence-corrected chi connectivity index (χ4v) is 4.52. The van der Waals surface area contributed by atoms with Crippen LogP contribution in [-0.4, -0.2) is 34.2 Å². The third-order valence-electron chi connectivity index (χ3n) is 5.85. The number of ketones is 1. The maximum atomic E-state index is 14.7. The number of carbonyl (C=O) groups is 3. The quantitative estimate of drug-likeness (QED) is 0.691. The van der Waals surface area contributed by atoms with E-state index in [1.807, 2.05) is 5.32 Å². The first-order chi connectivity index (χ1) is 15.4. The molecule has 10 heteroatoms. The molecular weight excluding hydrogens is 461 g/mol. The van der Waals surface area contributed by atoms with Crippen molar-refractivity contribution in [3.63, 3.8) is 0 Å². The monoisotopic (exact) mass is 480 g/mol. The van der Waals surface area contributed by atoms with Crippen LogP contribution in [0.3, 0.4) is 0 Å². The van der Waals surface area contributed by atoms with Crippen LogP contribution in [0.5, 0.6) is 0 Å². The number of benzene rings is 1. The van der Waals surface area contributed by atoms with E-state index in [-0.39, 0.29) is 41.4 Å². The molecule has 6 nitrogen and oxygen atoms in total. The Kier molecular flexibility index (Phi) is 5.43. The molecule has 33 heavy (non-hydrogen) atoms. The van der Waals surface area contributed by atoms with Gasteiger partial charge in [0, 0.05) is 22.7 Å². The molecule has 0 saturated carbocycles. The summed E-state index contributed by atoms with van der Waals surface area (Å²) in [6.45, 7) is 3.18. The predicted octanol–water partition coefficient (Wildman–Crippen LogP) is 4.65. The summed E-state index contributed by atoms with van der Waals surface area (Å²) in [5.41, 5.74) is -5.08. The van der Waals surface area contributed by atoms with Gasteiger partial charge in [-0.05, 0) is 48.2 Å². The average Bonchev–Trinajstić information content (AvgIpc) is 3.29. The topological polar surface area (TPSA) is 79.6 Å². The van der Waals surface area contributed by atoms with Crippen LogP contribution in [0.2, 0.25) is 5.02 Å². The summed E-state index contributed by atoms with van der Waals surface area (Å²) >= 11 is 5.80. The summed E-state index contributed by atoms with van der Waals surface area (Å²) in [6, 6.07) is 8.22. The lowest BCUT2D eigenvalue weighted by Gasteiger charge is -2.35. The fraction of sp³-hybridized carbons (Fsp3) is 0.348. The lowest BCUT2D eigenvalue weighted by atomic mass is 9.72. The second kappa shape index (κ2) is 7.76. The van der Waals surface area contributed by atoms with Crippen molar-refractivity contribution in [3.05, 3.63) is 70.3 Å². The number of hydrogen-bond acceptors (Lipinski definition) is 4. The van der Waals surface area contributed by atoms with Gasteiger partial charge in [-0.2, -0.15) is 13.2 Å². The highest BCUT2D eigenvalue weighted by Gasteiger charge is 2.71. The second-order valence-electron chi connectivity index (χ2n) is 8.94. The van der Waals surface area contributed by atoms with Crippen molar-refractivity contribution in [1.29, 1.82) is 0 Å². The van der Waals surface area contributed by atoms with Gasteiger partial charge in [-0.3, -0.25) is 14.4 Å². The van der Waals surface area contributed by atoms with Crippen molar-refractivity contribution in [3.8, 4) is 0 Å². The summed E-state index contributed by atoms with van der Waals surface area (Å²) in [5, 5.41) is 2.16. The smallest absolute Gasteiger partial charge is 0.425 e. The van der Waals surface area contributed by atoms with Crippen molar-refractivity contribution in [2.45, 2.75) is 44.9 Å². The zero-order chi connectivity index (χ0) is 24.2. The van der Waals surface area contributed by atoms with E-state index in [4.69, 9.17) is 16.0 Å². The zero-order valence-electron chi connectivity index (χ0n) is 17.8. The molecule has 1 aliphatic carbocycles. The van der Waals surface area contributed by atoms with E-state index in [1.54, 1.807) is 19.9 Å². The molecule has 1 aromatic heterocycles. The number of nitrogens with zero attached hydrogens (tertiary/aromatic N) is 1. The van der Waals surface area contributed by atoms with Gasteiger partial charge >= 0.3 is 6.18 Å². The maximum absolute atomic E-state index is 14.7. The number of carbonyl (C=O) groups excluding carboxylic acids is 3. The first kappa shape index (κ1) is 23.1. The Bertz CT molecular complexity index is 1150. The van der Waals surface area contributed by atoms with Gasteiger partial charge in [-0.1, -0.05) is 25.4 Å². The molecule has 0 radical (unpaired) electrons. The number of allylic oxidation sites excluding steroid dienone is 1. The fourth-order valence-electron chi connectivity index (χ4n) is 4.40. The van der Waals surface area contributed by atoms with Crippen LogP contribution in [-0.2, 0) is 16.1 Å². The minimum atomic E-state index is -5.28. The standard InChI is InChI=1S/C23H20ClF3N2O4/c1-21(2)10-16-18(17(30)11-21)22(23(25,26)27,20(32)29(16)12-15-4-3-9-33-15)28-19(31)13-5-7-14(24)8-6-13/h3-9H,10-12H2,1-2H3,(H,28,31). The molecule has 1 aliphatic heterocycles. The van der Waals surface area contributed by atoms with Gasteiger partial charge in [0.25, 0.3) is 11.8 Å². The first-order valence-corrected chi connectivity index (χ1v) is 10.5. The van der Waals surface area contributed by atoms with E-state index in [1.165, 1.54) is 36.6 Å². The summed E-state index contributed by atoms with van der Waals surface area (Å²) in [6.07, 6.45) is -4.08. The number of nitrogens with one attached hydrogen (secondary N) is 1. The highest BCUT2D eigenvalue weighted by atomic mass is 35.5. The SMILES string of the molecule is CC1(C)CC(=O)C2=C(C1)N(Cc1ccco1)C(=O)C2(NC(=O)c1ccc(Cl)cc1)C(F)(F)F. The Morgan fingerprint density at radius 3 is 2.39 bits per heavy atom. The van der Waals surface area contributed by atoms with E-state index < -0.39 is 40.3 Å². The Morgan fingerprint density at radius 2 is 1.82 bits per heavy atom. The lowest BCUT2D eigenvalue weighted by Crippen LogP contribution is -2.66. The highest BCUT2D eigenvalue weighted by molar-refractivity contribution is 6.30. The molecule has 2 aromatic rings. The Morgan fingerprint density at radius 1 is 1.15 bits per heavy atom. The Hall–Kier alpha value is -3.07. The minimum Gasteiger partial charge on any atom is -0.467 e. The molecule has 1 atom stereocenters. The number of rotatable bonds is 4. The summed E-state index contributed by atoms with van der Waals surface area (Å²) < 4.78 is 49.3. The van der Waals surface area contributed by atoms with Crippen LogP contribution in [0.25, 0.3) is 0 Å². The number of alkyl halides is 3. The normalized spacial score (nSPS) is 22.5. The number of Topliss-reactive ketones (excluding diaryl/α,β-unsaturated/α-hetero) is 1. The van der Waals surface area contributed by atoms with Crippen LogP contribution in [0.1, 0.15) is 42.8 Å². The van der Waals surface area contributed by atoms with E-state index in [0.29, 0.717) is 0 Å². The van der Waals surface area contributed by atoms with Crippen LogP contribution in [0, 0.1) is 5.41 Å². The number of amides is 2. The zero-order valence-corrected chi connectivity index (χ0v) is 18.5. The van der Waals surface area contributed by atoms with Gasteiger partial charge in [0.15, 0.2) is 5.78 Å². The molecule has 2 aliphatic rings. The van der Waals surface area contributed by atoms with Crippen LogP contribution >= 0.6 is 11.6 Å². The molecule has 1 unspecified atom stereocenters. The van der Waals surface area contributed by atoms with Crippen molar-refractivity contribution < 1.29 is 32.0 Å². The maximum Gasteiger partial charge on any atom is 0.425 e. The van der Waals surface area contributed by atoms with Crippen LogP contribution in [0.4, 0.5) is 13.2 Å². The first-order valence-electron chi connectivity index (χ1n) is 10.1. The number of halogens is 4. The summed E-state index contributed by atoms with van der Waals surface area (Å²) in [5.74, 6) is -3.18. The molecule has 0 spiro atoms. The Labute approximate surface area is 192 Å². The van der Waals surface area contributed by atoms with Gasteiger partial charge < -0.3 is 14.6 Å². The van der Waals surface area contributed by atoms with Gasteiger partial charge in [0.05, 0.1) is 18.4 Å². The molecule has 0 saturated heterocycles. The highest BCUT2D eigenvalue weighted by Crippen LogP contribution is 2.52. The van der Waals surface area contributed by atoms with E-state index >= 15 is 0 Å².